The first-order valence-electron chi connectivity index (χ1n) is 10.8. The molecule has 0 spiro atoms. The molecule has 0 radical (unpaired) electrons. The van der Waals surface area contributed by atoms with Gasteiger partial charge in [-0.2, -0.15) is 0 Å². The fourth-order valence-electron chi connectivity index (χ4n) is 6.82. The summed E-state index contributed by atoms with van der Waals surface area (Å²) in [5.41, 5.74) is 1.93. The van der Waals surface area contributed by atoms with E-state index in [4.69, 9.17) is 23.2 Å². The lowest BCUT2D eigenvalue weighted by Gasteiger charge is -2.60. The van der Waals surface area contributed by atoms with Gasteiger partial charge < -0.3 is 5.32 Å². The molecule has 0 saturated heterocycles. The summed E-state index contributed by atoms with van der Waals surface area (Å²) in [5.74, 6) is 2.37. The first-order valence-corrected chi connectivity index (χ1v) is 11.5. The third-order valence-corrected chi connectivity index (χ3v) is 8.32. The van der Waals surface area contributed by atoms with E-state index in [-0.39, 0.29) is 23.3 Å². The monoisotopic (exact) mass is 427 g/mol. The molecule has 4 bridgehead atoms. The highest BCUT2D eigenvalue weighted by Gasteiger charge is 2.61. The Morgan fingerprint density at radius 3 is 2.31 bits per heavy atom. The van der Waals surface area contributed by atoms with Gasteiger partial charge in [0.05, 0.1) is 11.5 Å². The quantitative estimate of drug-likeness (QED) is 0.571. The maximum Gasteiger partial charge on any atom is 0.227 e. The van der Waals surface area contributed by atoms with Gasteiger partial charge in [-0.3, -0.25) is 4.79 Å². The van der Waals surface area contributed by atoms with Crippen LogP contribution in [0.25, 0.3) is 0 Å². The van der Waals surface area contributed by atoms with Crippen molar-refractivity contribution >= 4 is 29.1 Å². The summed E-state index contributed by atoms with van der Waals surface area (Å²) in [4.78, 5) is 13.9. The van der Waals surface area contributed by atoms with Crippen LogP contribution in [0.3, 0.4) is 0 Å². The topological polar surface area (TPSA) is 29.1 Å². The Morgan fingerprint density at radius 2 is 1.66 bits per heavy atom. The van der Waals surface area contributed by atoms with E-state index in [1.54, 1.807) is 0 Å². The minimum Gasteiger partial charge on any atom is -0.349 e. The molecule has 4 heteroatoms. The van der Waals surface area contributed by atoms with Crippen molar-refractivity contribution in [3.63, 3.8) is 0 Å². The molecule has 152 valence electrons. The fourth-order valence-corrected chi connectivity index (χ4v) is 7.20. The van der Waals surface area contributed by atoms with E-state index in [1.165, 1.54) is 24.8 Å². The number of hydrogen-bond acceptors (Lipinski definition) is 1. The Hall–Kier alpha value is -1.51. The molecule has 4 atom stereocenters. The second-order valence-electron chi connectivity index (χ2n) is 9.51. The van der Waals surface area contributed by atoms with Gasteiger partial charge in [0.1, 0.15) is 0 Å². The van der Waals surface area contributed by atoms with Gasteiger partial charge >= 0.3 is 0 Å². The maximum atomic E-state index is 13.9. The highest BCUT2D eigenvalue weighted by molar-refractivity contribution is 6.31. The Bertz CT molecular complexity index is 911. The van der Waals surface area contributed by atoms with Crippen molar-refractivity contribution < 1.29 is 4.79 Å². The lowest BCUT2D eigenvalue weighted by molar-refractivity contribution is -0.151. The maximum absolute atomic E-state index is 13.9. The number of halogens is 2. The van der Waals surface area contributed by atoms with Crippen molar-refractivity contribution in [3.8, 4) is 0 Å². The molecule has 2 nitrogen and oxygen atoms in total. The van der Waals surface area contributed by atoms with Crippen LogP contribution >= 0.6 is 23.2 Å². The number of amides is 1. The highest BCUT2D eigenvalue weighted by Crippen LogP contribution is 2.66. The molecule has 4 saturated carbocycles. The zero-order chi connectivity index (χ0) is 20.2. The fraction of sp³-hybridized carbons (Fsp3) is 0.480. The molecular weight excluding hydrogens is 401 g/mol. The van der Waals surface area contributed by atoms with Crippen LogP contribution < -0.4 is 5.32 Å². The van der Waals surface area contributed by atoms with Crippen molar-refractivity contribution in [2.75, 3.05) is 0 Å². The number of benzene rings is 2. The molecule has 1 amide bonds. The Balaban J connectivity index is 1.49. The number of carbonyl (C=O) groups excluding carboxylic acids is 1. The lowest BCUT2D eigenvalue weighted by Crippen LogP contribution is -2.58. The largest absolute Gasteiger partial charge is 0.349 e. The van der Waals surface area contributed by atoms with Crippen molar-refractivity contribution in [2.24, 2.45) is 23.2 Å². The summed E-state index contributed by atoms with van der Waals surface area (Å²) >= 11 is 12.7. The van der Waals surface area contributed by atoms with E-state index in [1.807, 2.05) is 36.4 Å². The minimum atomic E-state index is -0.333. The molecule has 2 aromatic rings. The van der Waals surface area contributed by atoms with Crippen LogP contribution in [0.1, 0.15) is 62.1 Å². The van der Waals surface area contributed by atoms with Gasteiger partial charge in [-0.15, -0.1) is 0 Å². The molecule has 29 heavy (non-hydrogen) atoms. The molecule has 4 unspecified atom stereocenters. The Morgan fingerprint density at radius 1 is 1.00 bits per heavy atom. The van der Waals surface area contributed by atoms with Crippen LogP contribution in [0.4, 0.5) is 0 Å². The Labute approximate surface area is 183 Å². The normalized spacial score (nSPS) is 33.5. The number of hydrogen-bond donors (Lipinski definition) is 1. The van der Waals surface area contributed by atoms with Crippen LogP contribution in [0.2, 0.25) is 10.0 Å². The summed E-state index contributed by atoms with van der Waals surface area (Å²) in [6, 6.07) is 15.9. The van der Waals surface area contributed by atoms with Gasteiger partial charge in [-0.25, -0.2) is 0 Å². The molecule has 4 aliphatic rings. The van der Waals surface area contributed by atoms with E-state index < -0.39 is 0 Å². The van der Waals surface area contributed by atoms with Gasteiger partial charge in [0.2, 0.25) is 5.91 Å². The number of rotatable bonds is 4. The van der Waals surface area contributed by atoms with Crippen LogP contribution in [-0.4, -0.2) is 5.91 Å². The molecular formula is C25H27Cl2NO. The highest BCUT2D eigenvalue weighted by atomic mass is 35.5. The first-order chi connectivity index (χ1) is 14.0. The molecule has 2 aromatic carbocycles. The summed E-state index contributed by atoms with van der Waals surface area (Å²) < 4.78 is 0. The van der Waals surface area contributed by atoms with Gasteiger partial charge in [0, 0.05) is 16.0 Å². The second kappa shape index (κ2) is 7.32. The summed E-state index contributed by atoms with van der Waals surface area (Å²) in [6.07, 6.45) is 5.78. The van der Waals surface area contributed by atoms with Gasteiger partial charge in [0.15, 0.2) is 0 Å². The standard InChI is InChI=1S/C25H27Cl2NO/c1-15(18-6-8-20(26)9-7-18)28-24(29)25-13-16-10-17(14-25)12-19(11-16)23(25)21-4-2-3-5-22(21)27/h2-9,15-17,19,23H,10-14H2,1H3,(H,28,29). The molecule has 1 N–H and O–H groups in total. The van der Waals surface area contributed by atoms with E-state index in [2.05, 4.69) is 24.4 Å². The van der Waals surface area contributed by atoms with Gasteiger partial charge in [-0.1, -0.05) is 53.5 Å². The molecule has 6 rings (SSSR count). The lowest BCUT2D eigenvalue weighted by atomic mass is 9.43. The van der Waals surface area contributed by atoms with Gasteiger partial charge in [0.25, 0.3) is 0 Å². The summed E-state index contributed by atoms with van der Waals surface area (Å²) in [7, 11) is 0. The second-order valence-corrected chi connectivity index (χ2v) is 10.4. The van der Waals surface area contributed by atoms with Crippen LogP contribution in [0, 0.1) is 23.2 Å². The Kier molecular flexibility index (Phi) is 4.91. The molecule has 4 fully saturated rings. The minimum absolute atomic E-state index is 0.0420. The van der Waals surface area contributed by atoms with E-state index in [0.29, 0.717) is 22.8 Å². The third-order valence-electron chi connectivity index (χ3n) is 7.72. The average molecular weight is 428 g/mol. The number of nitrogens with one attached hydrogen (secondary N) is 1. The van der Waals surface area contributed by atoms with Crippen LogP contribution in [0.5, 0.6) is 0 Å². The molecule has 0 aromatic heterocycles. The van der Waals surface area contributed by atoms with E-state index in [0.717, 1.165) is 23.4 Å². The zero-order valence-electron chi connectivity index (χ0n) is 16.7. The molecule has 4 aliphatic carbocycles. The van der Waals surface area contributed by atoms with Crippen molar-refractivity contribution in [1.29, 1.82) is 0 Å². The van der Waals surface area contributed by atoms with E-state index in [9.17, 15) is 4.79 Å². The first kappa shape index (κ1) is 19.5. The van der Waals surface area contributed by atoms with Crippen LogP contribution in [0.15, 0.2) is 48.5 Å². The van der Waals surface area contributed by atoms with Crippen LogP contribution in [-0.2, 0) is 4.79 Å². The predicted octanol–water partition coefficient (Wildman–Crippen LogP) is 6.78. The predicted molar refractivity (Wildman–Crippen MR) is 118 cm³/mol. The zero-order valence-corrected chi connectivity index (χ0v) is 18.2. The van der Waals surface area contributed by atoms with E-state index >= 15 is 0 Å². The van der Waals surface area contributed by atoms with Crippen molar-refractivity contribution in [1.82, 2.24) is 5.32 Å². The average Bonchev–Trinajstić information content (AvgIpc) is 2.69. The SMILES string of the molecule is CC(NC(=O)C12CC3CC(CC(C3)C1c1ccccc1Cl)C2)c1ccc(Cl)cc1. The number of carbonyl (C=O) groups is 1. The third kappa shape index (κ3) is 3.29. The summed E-state index contributed by atoms with van der Waals surface area (Å²) in [5, 5.41) is 4.89. The molecule has 0 heterocycles. The van der Waals surface area contributed by atoms with Gasteiger partial charge in [-0.05, 0) is 86.1 Å². The molecule has 0 aliphatic heterocycles. The summed E-state index contributed by atoms with van der Waals surface area (Å²) in [6.45, 7) is 2.06. The van der Waals surface area contributed by atoms with Crippen molar-refractivity contribution in [2.45, 2.75) is 51.0 Å². The smallest absolute Gasteiger partial charge is 0.227 e. The van der Waals surface area contributed by atoms with Crippen molar-refractivity contribution in [3.05, 3.63) is 69.7 Å².